The topological polar surface area (TPSA) is 46.3 Å². The molecule has 4 nitrogen and oxygen atoms in total. The Morgan fingerprint density at radius 1 is 1.09 bits per heavy atom. The molecule has 1 aromatic heterocycles. The third kappa shape index (κ3) is 5.99. The quantitative estimate of drug-likeness (QED) is 0.376. The van der Waals surface area contributed by atoms with Crippen molar-refractivity contribution in [2.45, 2.75) is 36.8 Å². The standard InChI is InChI=1S/C26H30N2O2S2/c1-19-24(27-26(30-19)22-8-10-23(31-2)11-9-22)17-32-18-25(29)28-14-12-21(13-15-28)16-20-6-4-3-5-7-20/h3-11,21H,12-18H2,1-2H3. The molecule has 1 fully saturated rings. The molecule has 1 saturated heterocycles. The molecule has 32 heavy (non-hydrogen) atoms. The Bertz CT molecular complexity index is 1010. The summed E-state index contributed by atoms with van der Waals surface area (Å²) in [5.41, 5.74) is 3.31. The highest BCUT2D eigenvalue weighted by molar-refractivity contribution is 7.99. The number of benzene rings is 2. The zero-order chi connectivity index (χ0) is 22.3. The molecule has 1 aliphatic rings. The molecular weight excluding hydrogens is 436 g/mol. The number of aromatic nitrogens is 1. The molecule has 0 radical (unpaired) electrons. The second kappa shape index (κ2) is 11.1. The highest BCUT2D eigenvalue weighted by Gasteiger charge is 2.23. The molecule has 0 bridgehead atoms. The van der Waals surface area contributed by atoms with E-state index >= 15 is 0 Å². The Hall–Kier alpha value is -2.18. The third-order valence-electron chi connectivity index (χ3n) is 6.03. The minimum Gasteiger partial charge on any atom is -0.441 e. The van der Waals surface area contributed by atoms with Crippen LogP contribution in [-0.4, -0.2) is 40.9 Å². The van der Waals surface area contributed by atoms with Crippen LogP contribution in [0, 0.1) is 12.8 Å². The molecule has 0 unspecified atom stereocenters. The summed E-state index contributed by atoms with van der Waals surface area (Å²) in [5, 5.41) is 0. The van der Waals surface area contributed by atoms with Crippen molar-refractivity contribution in [2.24, 2.45) is 5.92 Å². The van der Waals surface area contributed by atoms with Gasteiger partial charge in [-0.05, 0) is 68.2 Å². The van der Waals surface area contributed by atoms with Gasteiger partial charge in [0.25, 0.3) is 0 Å². The van der Waals surface area contributed by atoms with E-state index in [0.717, 1.165) is 49.4 Å². The lowest BCUT2D eigenvalue weighted by Gasteiger charge is -2.32. The fourth-order valence-electron chi connectivity index (χ4n) is 4.08. The van der Waals surface area contributed by atoms with Crippen LogP contribution in [0.5, 0.6) is 0 Å². The lowest BCUT2D eigenvalue weighted by molar-refractivity contribution is -0.129. The predicted octanol–water partition coefficient (Wildman–Crippen LogP) is 6.09. The minimum absolute atomic E-state index is 0.238. The lowest BCUT2D eigenvalue weighted by atomic mass is 9.90. The predicted molar refractivity (Wildman–Crippen MR) is 134 cm³/mol. The molecule has 4 rings (SSSR count). The number of thioether (sulfide) groups is 2. The first kappa shape index (κ1) is 23.0. The molecule has 168 valence electrons. The van der Waals surface area contributed by atoms with Gasteiger partial charge < -0.3 is 9.32 Å². The number of likely N-dealkylation sites (tertiary alicyclic amines) is 1. The third-order valence-corrected chi connectivity index (χ3v) is 7.70. The number of carbonyl (C=O) groups is 1. The fourth-order valence-corrected chi connectivity index (χ4v) is 5.41. The number of piperidine rings is 1. The van der Waals surface area contributed by atoms with Crippen molar-refractivity contribution in [3.8, 4) is 11.5 Å². The SMILES string of the molecule is CSc1ccc(-c2nc(CSCC(=O)N3CCC(Cc4ccccc4)CC3)c(C)o2)cc1. The zero-order valence-electron chi connectivity index (χ0n) is 18.8. The Morgan fingerprint density at radius 2 is 1.81 bits per heavy atom. The largest absolute Gasteiger partial charge is 0.441 e. The number of hydrogen-bond acceptors (Lipinski definition) is 5. The maximum atomic E-state index is 12.7. The van der Waals surface area contributed by atoms with Gasteiger partial charge in [-0.25, -0.2) is 4.98 Å². The van der Waals surface area contributed by atoms with Crippen LogP contribution >= 0.6 is 23.5 Å². The summed E-state index contributed by atoms with van der Waals surface area (Å²) in [6.07, 6.45) is 5.36. The molecule has 3 aromatic rings. The number of hydrogen-bond donors (Lipinski definition) is 0. The van der Waals surface area contributed by atoms with E-state index in [0.29, 0.717) is 23.3 Å². The summed E-state index contributed by atoms with van der Waals surface area (Å²) in [4.78, 5) is 20.6. The lowest BCUT2D eigenvalue weighted by Crippen LogP contribution is -2.39. The Balaban J connectivity index is 1.22. The van der Waals surface area contributed by atoms with Gasteiger partial charge in [0.05, 0.1) is 11.4 Å². The maximum absolute atomic E-state index is 12.7. The van der Waals surface area contributed by atoms with Crippen molar-refractivity contribution in [3.63, 3.8) is 0 Å². The Morgan fingerprint density at radius 3 is 2.50 bits per heavy atom. The van der Waals surface area contributed by atoms with E-state index < -0.39 is 0 Å². The summed E-state index contributed by atoms with van der Waals surface area (Å²) in [6, 6.07) is 18.9. The second-order valence-corrected chi connectivity index (χ2v) is 10.1. The number of nitrogens with zero attached hydrogens (tertiary/aromatic N) is 2. The van der Waals surface area contributed by atoms with Gasteiger partial charge in [-0.2, -0.15) is 0 Å². The van der Waals surface area contributed by atoms with E-state index in [1.807, 2.05) is 24.0 Å². The first-order chi connectivity index (χ1) is 15.6. The minimum atomic E-state index is 0.238. The van der Waals surface area contributed by atoms with Crippen molar-refractivity contribution in [3.05, 3.63) is 71.6 Å². The number of carbonyl (C=O) groups excluding carboxylic acids is 1. The number of amides is 1. The average Bonchev–Trinajstić information content (AvgIpc) is 3.20. The normalized spacial score (nSPS) is 14.6. The van der Waals surface area contributed by atoms with Crippen LogP contribution in [-0.2, 0) is 17.0 Å². The summed E-state index contributed by atoms with van der Waals surface area (Å²) in [7, 11) is 0. The van der Waals surface area contributed by atoms with Crippen LogP contribution in [0.3, 0.4) is 0 Å². The smallest absolute Gasteiger partial charge is 0.232 e. The monoisotopic (exact) mass is 466 g/mol. The van der Waals surface area contributed by atoms with Gasteiger partial charge in [-0.3, -0.25) is 4.79 Å². The molecule has 1 aliphatic heterocycles. The van der Waals surface area contributed by atoms with Crippen LogP contribution in [0.25, 0.3) is 11.5 Å². The molecule has 0 aliphatic carbocycles. The zero-order valence-corrected chi connectivity index (χ0v) is 20.4. The molecule has 0 saturated carbocycles. The van der Waals surface area contributed by atoms with Gasteiger partial charge in [-0.15, -0.1) is 23.5 Å². The van der Waals surface area contributed by atoms with Crippen LogP contribution in [0.1, 0.15) is 29.9 Å². The number of rotatable bonds is 8. The van der Waals surface area contributed by atoms with E-state index in [2.05, 4.69) is 53.7 Å². The molecule has 0 atom stereocenters. The summed E-state index contributed by atoms with van der Waals surface area (Å²) >= 11 is 3.34. The highest BCUT2D eigenvalue weighted by Crippen LogP contribution is 2.27. The summed E-state index contributed by atoms with van der Waals surface area (Å²) in [5.74, 6) is 3.58. The van der Waals surface area contributed by atoms with Gasteiger partial charge in [0.1, 0.15) is 5.76 Å². The van der Waals surface area contributed by atoms with Gasteiger partial charge >= 0.3 is 0 Å². The van der Waals surface area contributed by atoms with Crippen molar-refractivity contribution in [1.29, 1.82) is 0 Å². The Labute approximate surface area is 199 Å². The molecule has 0 N–H and O–H groups in total. The van der Waals surface area contributed by atoms with Gasteiger partial charge in [0.15, 0.2) is 0 Å². The average molecular weight is 467 g/mol. The van der Waals surface area contributed by atoms with Crippen LogP contribution in [0.15, 0.2) is 63.9 Å². The van der Waals surface area contributed by atoms with Gasteiger partial charge in [0.2, 0.25) is 11.8 Å². The number of oxazole rings is 1. The summed E-state index contributed by atoms with van der Waals surface area (Å²) < 4.78 is 5.88. The van der Waals surface area contributed by atoms with Crippen LogP contribution < -0.4 is 0 Å². The van der Waals surface area contributed by atoms with E-state index in [1.54, 1.807) is 23.5 Å². The van der Waals surface area contributed by atoms with Crippen molar-refractivity contribution in [1.82, 2.24) is 9.88 Å². The first-order valence-corrected chi connectivity index (χ1v) is 13.5. The van der Waals surface area contributed by atoms with E-state index in [4.69, 9.17) is 4.42 Å². The molecular formula is C26H30N2O2S2. The van der Waals surface area contributed by atoms with Gasteiger partial charge in [-0.1, -0.05) is 30.3 Å². The van der Waals surface area contributed by atoms with Crippen molar-refractivity contribution >= 4 is 29.4 Å². The highest BCUT2D eigenvalue weighted by atomic mass is 32.2. The Kier molecular flexibility index (Phi) is 7.98. The first-order valence-electron chi connectivity index (χ1n) is 11.1. The summed E-state index contributed by atoms with van der Waals surface area (Å²) in [6.45, 7) is 3.69. The molecule has 0 spiro atoms. The molecule has 2 aromatic carbocycles. The van der Waals surface area contributed by atoms with Crippen molar-refractivity contribution in [2.75, 3.05) is 25.1 Å². The van der Waals surface area contributed by atoms with Crippen LogP contribution in [0.4, 0.5) is 0 Å². The number of aryl methyl sites for hydroxylation is 1. The van der Waals surface area contributed by atoms with Gasteiger partial charge in [0, 0.05) is 29.3 Å². The van der Waals surface area contributed by atoms with E-state index in [1.165, 1.54) is 10.5 Å². The maximum Gasteiger partial charge on any atom is 0.232 e. The van der Waals surface area contributed by atoms with Crippen molar-refractivity contribution < 1.29 is 9.21 Å². The molecule has 1 amide bonds. The van der Waals surface area contributed by atoms with Crippen LogP contribution in [0.2, 0.25) is 0 Å². The van der Waals surface area contributed by atoms with E-state index in [9.17, 15) is 4.79 Å². The van der Waals surface area contributed by atoms with E-state index in [-0.39, 0.29) is 5.91 Å². The molecule has 2 heterocycles. The second-order valence-electron chi connectivity index (χ2n) is 8.26. The molecule has 6 heteroatoms. The fraction of sp³-hybridized carbons (Fsp3) is 0.385.